The highest BCUT2D eigenvalue weighted by Gasteiger charge is 2.38. The van der Waals surface area contributed by atoms with Crippen LogP contribution < -0.4 is 15.8 Å². The maximum absolute atomic E-state index is 15.8. The number of nitrogens with one attached hydrogen (secondary N) is 1. The van der Waals surface area contributed by atoms with E-state index < -0.39 is 40.6 Å². The van der Waals surface area contributed by atoms with Gasteiger partial charge in [0.25, 0.3) is 0 Å². The maximum atomic E-state index is 15.8. The summed E-state index contributed by atoms with van der Waals surface area (Å²) in [5.41, 5.74) is 2.55. The second kappa shape index (κ2) is 13.4. The minimum atomic E-state index is -5.00. The predicted molar refractivity (Wildman–Crippen MR) is 161 cm³/mol. The fourth-order valence-corrected chi connectivity index (χ4v) is 6.46. The lowest BCUT2D eigenvalue weighted by atomic mass is 9.92. The van der Waals surface area contributed by atoms with E-state index >= 15 is 4.39 Å². The summed E-state index contributed by atoms with van der Waals surface area (Å²) < 4.78 is 89.8. The molecule has 2 aliphatic heterocycles. The number of nitriles is 1. The van der Waals surface area contributed by atoms with Gasteiger partial charge >= 0.3 is 12.2 Å². The average molecular weight is 639 g/mol. The first-order chi connectivity index (χ1) is 20.9. The number of thiophene rings is 1. The van der Waals surface area contributed by atoms with Gasteiger partial charge in [0.05, 0.1) is 22.9 Å². The quantitative estimate of drug-likeness (QED) is 0.220. The average Bonchev–Trinajstić information content (AvgIpc) is 3.66. The van der Waals surface area contributed by atoms with Crippen LogP contribution in [0.3, 0.4) is 0 Å². The molecule has 6 rings (SSSR count). The Morgan fingerprint density at radius 3 is 2.52 bits per heavy atom. The van der Waals surface area contributed by atoms with Crippen LogP contribution in [-0.4, -0.2) is 54.3 Å². The van der Waals surface area contributed by atoms with Gasteiger partial charge in [0.2, 0.25) is 0 Å². The molecule has 3 N–H and O–H groups in total. The number of fused-ring (bicyclic) bond motifs is 3. The van der Waals surface area contributed by atoms with Crippen molar-refractivity contribution in [1.29, 1.82) is 5.26 Å². The normalized spacial score (nSPS) is 17.8. The Morgan fingerprint density at radius 1 is 1.23 bits per heavy atom. The number of anilines is 2. The number of rotatable bonds is 3. The Kier molecular flexibility index (Phi) is 10.1. The van der Waals surface area contributed by atoms with E-state index in [0.717, 1.165) is 25.1 Å². The fourth-order valence-electron chi connectivity index (χ4n) is 5.51. The minimum Gasteiger partial charge on any atom is -0.467 e. The van der Waals surface area contributed by atoms with Gasteiger partial charge in [-0.2, -0.15) is 28.4 Å². The maximum Gasteiger partial charge on any atom is 0.417 e. The van der Waals surface area contributed by atoms with Crippen LogP contribution in [-0.2, 0) is 6.18 Å². The number of hydrogen-bond acceptors (Lipinski definition) is 8. The van der Waals surface area contributed by atoms with Crippen molar-refractivity contribution in [3.8, 4) is 23.2 Å². The molecule has 2 unspecified atom stereocenters. The molecule has 0 spiro atoms. The van der Waals surface area contributed by atoms with Gasteiger partial charge in [-0.15, -0.1) is 11.3 Å². The molecule has 0 radical (unpaired) electrons. The molecule has 2 aromatic carbocycles. The summed E-state index contributed by atoms with van der Waals surface area (Å²) in [5, 5.41) is 11.5. The number of nitrogens with two attached hydrogens (primary N) is 1. The molecule has 236 valence electrons. The van der Waals surface area contributed by atoms with Crippen molar-refractivity contribution in [1.82, 2.24) is 14.9 Å². The van der Waals surface area contributed by atoms with Crippen LogP contribution in [0, 0.1) is 23.0 Å². The topological polar surface area (TPSA) is 100 Å². The largest absolute Gasteiger partial charge is 0.467 e. The van der Waals surface area contributed by atoms with Crippen molar-refractivity contribution < 1.29 is 31.1 Å². The zero-order valence-electron chi connectivity index (χ0n) is 24.6. The highest BCUT2D eigenvalue weighted by atomic mass is 32.1. The number of aromatic nitrogens is 2. The van der Waals surface area contributed by atoms with Crippen molar-refractivity contribution in [2.45, 2.75) is 57.9 Å². The summed E-state index contributed by atoms with van der Waals surface area (Å²) in [5.74, 6) is -2.20. The van der Waals surface area contributed by atoms with E-state index in [0.29, 0.717) is 30.0 Å². The number of ether oxygens (including phenoxy) is 1. The van der Waals surface area contributed by atoms with Crippen LogP contribution in [0.4, 0.5) is 37.2 Å². The molecule has 44 heavy (non-hydrogen) atoms. The molecule has 2 aromatic heterocycles. The fraction of sp³-hybridized carbons (Fsp3) is 0.433. The van der Waals surface area contributed by atoms with E-state index in [4.69, 9.17) is 10.5 Å². The molecule has 4 aromatic rings. The SMILES string of the molecule is CCC.CNc1nc(OC)nc2c(F)c(-c3ccc(F)c4sc(N)c(C#N)c34)c(C(F)(F)F)cc12.FC1CC2CCCN2C1. The molecule has 2 saturated heterocycles. The molecule has 14 heteroatoms. The second-order valence-electron chi connectivity index (χ2n) is 10.4. The number of methoxy groups -OCH3 is 1. The van der Waals surface area contributed by atoms with E-state index in [2.05, 4.69) is 34.0 Å². The summed E-state index contributed by atoms with van der Waals surface area (Å²) in [6, 6.07) is 4.70. The summed E-state index contributed by atoms with van der Waals surface area (Å²) in [4.78, 5) is 10.1. The van der Waals surface area contributed by atoms with Crippen LogP contribution in [0.25, 0.3) is 32.1 Å². The van der Waals surface area contributed by atoms with Crippen LogP contribution in [0.15, 0.2) is 18.2 Å². The number of alkyl halides is 4. The van der Waals surface area contributed by atoms with Crippen molar-refractivity contribution in [2.24, 2.45) is 0 Å². The minimum absolute atomic E-state index is 0.0791. The molecule has 2 atom stereocenters. The van der Waals surface area contributed by atoms with E-state index in [1.54, 1.807) is 6.07 Å². The van der Waals surface area contributed by atoms with Crippen molar-refractivity contribution in [3.63, 3.8) is 0 Å². The molecular formula is C30H32F6N6OS. The predicted octanol–water partition coefficient (Wildman–Crippen LogP) is 7.92. The summed E-state index contributed by atoms with van der Waals surface area (Å²) in [7, 11) is 2.62. The Morgan fingerprint density at radius 2 is 1.93 bits per heavy atom. The first kappa shape index (κ1) is 33.1. The molecule has 2 aliphatic rings. The second-order valence-corrected chi connectivity index (χ2v) is 11.5. The van der Waals surface area contributed by atoms with Gasteiger partial charge in [-0.25, -0.2) is 13.2 Å². The molecule has 0 amide bonds. The third-order valence-electron chi connectivity index (χ3n) is 7.29. The van der Waals surface area contributed by atoms with Crippen LogP contribution in [0.5, 0.6) is 6.01 Å². The van der Waals surface area contributed by atoms with Gasteiger partial charge in [0, 0.05) is 36.0 Å². The highest BCUT2D eigenvalue weighted by molar-refractivity contribution is 7.23. The summed E-state index contributed by atoms with van der Waals surface area (Å²) in [6.45, 7) is 6.11. The lowest BCUT2D eigenvalue weighted by Gasteiger charge is -2.18. The van der Waals surface area contributed by atoms with Gasteiger partial charge < -0.3 is 15.8 Å². The smallest absolute Gasteiger partial charge is 0.417 e. The standard InChI is InChI=1S/C20H12F5N5OS.C7H12FN.C3H8/c1-28-18-8-5-10(20(23,24)25)13(14(22)15(8)29-19(30-18)31-2)7-3-4-11(21)16-12(7)9(6-26)17(27)32-16;8-6-4-7-2-1-3-9(7)5-6;1-3-2/h3-5H,27H2,1-2H3,(H,28,29,30);6-7H,1-5H2;3H2,1-2H3. The number of nitrogens with zero attached hydrogens (tertiary/aromatic N) is 4. The Balaban J connectivity index is 0.000000306. The van der Waals surface area contributed by atoms with E-state index in [1.165, 1.54) is 33.4 Å². The number of benzene rings is 2. The van der Waals surface area contributed by atoms with Gasteiger partial charge in [0.15, 0.2) is 5.82 Å². The van der Waals surface area contributed by atoms with Gasteiger partial charge in [-0.05, 0) is 43.5 Å². The molecule has 0 bridgehead atoms. The lowest BCUT2D eigenvalue weighted by Crippen LogP contribution is -2.22. The van der Waals surface area contributed by atoms with E-state index in [-0.39, 0.29) is 43.4 Å². The molecular weight excluding hydrogens is 606 g/mol. The molecule has 0 aliphatic carbocycles. The van der Waals surface area contributed by atoms with Crippen LogP contribution in [0.1, 0.15) is 50.7 Å². The first-order valence-corrected chi connectivity index (χ1v) is 14.8. The Bertz CT molecular complexity index is 1690. The molecule has 7 nitrogen and oxygen atoms in total. The monoisotopic (exact) mass is 638 g/mol. The lowest BCUT2D eigenvalue weighted by molar-refractivity contribution is -0.137. The number of nitrogen functional groups attached to an aromatic ring is 1. The Labute approximate surface area is 254 Å². The molecule has 4 heterocycles. The molecule has 2 fully saturated rings. The number of halogens is 6. The van der Waals surface area contributed by atoms with E-state index in [1.807, 2.05) is 0 Å². The molecule has 0 saturated carbocycles. The van der Waals surface area contributed by atoms with Crippen molar-refractivity contribution in [3.05, 3.63) is 41.0 Å². The summed E-state index contributed by atoms with van der Waals surface area (Å²) >= 11 is 0.695. The highest BCUT2D eigenvalue weighted by Crippen LogP contribution is 2.47. The van der Waals surface area contributed by atoms with Gasteiger partial charge in [-0.3, -0.25) is 4.90 Å². The van der Waals surface area contributed by atoms with Crippen LogP contribution in [0.2, 0.25) is 0 Å². The zero-order chi connectivity index (χ0) is 32.3. The van der Waals surface area contributed by atoms with E-state index in [9.17, 15) is 27.2 Å². The first-order valence-electron chi connectivity index (χ1n) is 14.0. The third kappa shape index (κ3) is 6.34. The summed E-state index contributed by atoms with van der Waals surface area (Å²) in [6.07, 6.45) is -0.933. The zero-order valence-corrected chi connectivity index (χ0v) is 25.4. The van der Waals surface area contributed by atoms with Crippen molar-refractivity contribution in [2.75, 3.05) is 38.3 Å². The number of hydrogen-bond donors (Lipinski definition) is 2. The van der Waals surface area contributed by atoms with Crippen molar-refractivity contribution >= 4 is 43.1 Å². The van der Waals surface area contributed by atoms with Crippen LogP contribution >= 0.6 is 11.3 Å². The Hall–Kier alpha value is -3.83. The van der Waals surface area contributed by atoms with Gasteiger partial charge in [-0.1, -0.05) is 26.3 Å². The van der Waals surface area contributed by atoms with Gasteiger partial charge in [0.1, 0.15) is 34.4 Å². The third-order valence-corrected chi connectivity index (χ3v) is 8.32.